The highest BCUT2D eigenvalue weighted by Crippen LogP contribution is 2.15. The predicted octanol–water partition coefficient (Wildman–Crippen LogP) is 1.97. The summed E-state index contributed by atoms with van der Waals surface area (Å²) in [6.45, 7) is 2.94. The Morgan fingerprint density at radius 3 is 2.57 bits per heavy atom. The number of piperidine rings is 1. The summed E-state index contributed by atoms with van der Waals surface area (Å²) in [4.78, 5) is 25.8. The standard InChI is InChI=1S/C15H19FN2O3/c1-10(14(19)18-7-3-2-4-8-18)21-15(20)11-5-6-12(16)13(17)9-11/h5-6,9-10H,2-4,7-8,17H2,1H3. The number of hydrogen-bond acceptors (Lipinski definition) is 4. The van der Waals surface area contributed by atoms with Gasteiger partial charge < -0.3 is 15.4 Å². The van der Waals surface area contributed by atoms with Crippen LogP contribution in [-0.2, 0) is 9.53 Å². The first-order valence-corrected chi connectivity index (χ1v) is 7.04. The maximum atomic E-state index is 13.1. The summed E-state index contributed by atoms with van der Waals surface area (Å²) in [7, 11) is 0. The lowest BCUT2D eigenvalue weighted by Crippen LogP contribution is -2.42. The molecule has 1 aromatic rings. The van der Waals surface area contributed by atoms with E-state index in [-0.39, 0.29) is 17.2 Å². The van der Waals surface area contributed by atoms with Crippen molar-refractivity contribution in [2.24, 2.45) is 0 Å². The zero-order valence-corrected chi connectivity index (χ0v) is 12.0. The van der Waals surface area contributed by atoms with Gasteiger partial charge in [-0.15, -0.1) is 0 Å². The molecule has 1 atom stereocenters. The molecule has 1 aromatic carbocycles. The van der Waals surface area contributed by atoms with E-state index in [9.17, 15) is 14.0 Å². The number of nitrogen functional groups attached to an aromatic ring is 1. The minimum Gasteiger partial charge on any atom is -0.449 e. The molecule has 6 heteroatoms. The lowest BCUT2D eigenvalue weighted by molar-refractivity contribution is -0.140. The quantitative estimate of drug-likeness (QED) is 0.683. The number of carbonyl (C=O) groups is 2. The van der Waals surface area contributed by atoms with E-state index in [2.05, 4.69) is 0 Å². The van der Waals surface area contributed by atoms with Crippen molar-refractivity contribution in [2.75, 3.05) is 18.8 Å². The van der Waals surface area contributed by atoms with Gasteiger partial charge in [0.15, 0.2) is 6.10 Å². The van der Waals surface area contributed by atoms with Gasteiger partial charge in [0, 0.05) is 13.1 Å². The molecule has 114 valence electrons. The SMILES string of the molecule is CC(OC(=O)c1ccc(F)c(N)c1)C(=O)N1CCCCC1. The smallest absolute Gasteiger partial charge is 0.338 e. The lowest BCUT2D eigenvalue weighted by atomic mass is 10.1. The number of likely N-dealkylation sites (tertiary alicyclic amines) is 1. The van der Waals surface area contributed by atoms with Crippen molar-refractivity contribution in [2.45, 2.75) is 32.3 Å². The fourth-order valence-electron chi connectivity index (χ4n) is 2.32. The summed E-state index contributed by atoms with van der Waals surface area (Å²) in [5.41, 5.74) is 5.41. The normalized spacial score (nSPS) is 16.4. The Morgan fingerprint density at radius 1 is 1.29 bits per heavy atom. The first-order valence-electron chi connectivity index (χ1n) is 7.04. The highest BCUT2D eigenvalue weighted by Gasteiger charge is 2.25. The average Bonchev–Trinajstić information content (AvgIpc) is 2.50. The topological polar surface area (TPSA) is 72.6 Å². The van der Waals surface area contributed by atoms with Crippen molar-refractivity contribution in [3.8, 4) is 0 Å². The number of amides is 1. The lowest BCUT2D eigenvalue weighted by Gasteiger charge is -2.28. The molecule has 1 saturated heterocycles. The summed E-state index contributed by atoms with van der Waals surface area (Å²) >= 11 is 0. The Kier molecular flexibility index (Phi) is 4.77. The van der Waals surface area contributed by atoms with Crippen LogP contribution >= 0.6 is 0 Å². The molecule has 1 amide bonds. The van der Waals surface area contributed by atoms with Crippen LogP contribution in [0.3, 0.4) is 0 Å². The average molecular weight is 294 g/mol. The number of ether oxygens (including phenoxy) is 1. The number of anilines is 1. The summed E-state index contributed by atoms with van der Waals surface area (Å²) < 4.78 is 18.2. The van der Waals surface area contributed by atoms with Crippen LogP contribution in [-0.4, -0.2) is 36.0 Å². The molecule has 1 unspecified atom stereocenters. The Balaban J connectivity index is 1.97. The fraction of sp³-hybridized carbons (Fsp3) is 0.467. The van der Waals surface area contributed by atoms with E-state index in [1.165, 1.54) is 12.1 Å². The van der Waals surface area contributed by atoms with E-state index < -0.39 is 17.9 Å². The Hall–Kier alpha value is -2.11. The van der Waals surface area contributed by atoms with E-state index >= 15 is 0 Å². The van der Waals surface area contributed by atoms with Crippen LogP contribution in [0.1, 0.15) is 36.5 Å². The second kappa shape index (κ2) is 6.56. The van der Waals surface area contributed by atoms with E-state index in [1.807, 2.05) is 0 Å². The van der Waals surface area contributed by atoms with Gasteiger partial charge in [-0.25, -0.2) is 9.18 Å². The first kappa shape index (κ1) is 15.3. The van der Waals surface area contributed by atoms with Crippen molar-refractivity contribution >= 4 is 17.6 Å². The third-order valence-corrected chi connectivity index (χ3v) is 3.53. The summed E-state index contributed by atoms with van der Waals surface area (Å²) in [6, 6.07) is 3.59. The van der Waals surface area contributed by atoms with Gasteiger partial charge in [0.05, 0.1) is 11.3 Å². The number of nitrogens with two attached hydrogens (primary N) is 1. The molecule has 1 aliphatic heterocycles. The minimum absolute atomic E-state index is 0.125. The Morgan fingerprint density at radius 2 is 1.95 bits per heavy atom. The maximum absolute atomic E-state index is 13.1. The number of hydrogen-bond donors (Lipinski definition) is 1. The molecule has 0 bridgehead atoms. The van der Waals surface area contributed by atoms with E-state index in [0.717, 1.165) is 25.3 Å². The number of rotatable bonds is 3. The largest absolute Gasteiger partial charge is 0.449 e. The molecule has 2 N–H and O–H groups in total. The molecule has 1 aliphatic rings. The van der Waals surface area contributed by atoms with Crippen LogP contribution < -0.4 is 5.73 Å². The van der Waals surface area contributed by atoms with Gasteiger partial charge in [-0.1, -0.05) is 0 Å². The van der Waals surface area contributed by atoms with Gasteiger partial charge >= 0.3 is 5.97 Å². The molecule has 0 aliphatic carbocycles. The summed E-state index contributed by atoms with van der Waals surface area (Å²) in [6.07, 6.45) is 2.20. The summed E-state index contributed by atoms with van der Waals surface area (Å²) in [5.74, 6) is -1.47. The number of esters is 1. The van der Waals surface area contributed by atoms with Crippen LogP contribution in [0.25, 0.3) is 0 Å². The number of carbonyl (C=O) groups excluding carboxylic acids is 2. The van der Waals surface area contributed by atoms with Crippen molar-refractivity contribution in [1.29, 1.82) is 0 Å². The molecule has 0 aromatic heterocycles. The fourth-order valence-corrected chi connectivity index (χ4v) is 2.32. The van der Waals surface area contributed by atoms with Crippen LogP contribution in [0, 0.1) is 5.82 Å². The van der Waals surface area contributed by atoms with Gasteiger partial charge in [-0.05, 0) is 44.4 Å². The van der Waals surface area contributed by atoms with E-state index in [4.69, 9.17) is 10.5 Å². The monoisotopic (exact) mass is 294 g/mol. The van der Waals surface area contributed by atoms with Gasteiger partial charge in [-0.3, -0.25) is 4.79 Å². The second-order valence-corrected chi connectivity index (χ2v) is 5.17. The van der Waals surface area contributed by atoms with Gasteiger partial charge in [0.25, 0.3) is 5.91 Å². The zero-order valence-electron chi connectivity index (χ0n) is 12.0. The molecule has 5 nitrogen and oxygen atoms in total. The third-order valence-electron chi connectivity index (χ3n) is 3.53. The molecule has 2 rings (SSSR count). The number of halogens is 1. The molecule has 0 spiro atoms. The molecule has 1 fully saturated rings. The minimum atomic E-state index is -0.859. The molecule has 1 heterocycles. The molecule has 21 heavy (non-hydrogen) atoms. The van der Waals surface area contributed by atoms with Crippen molar-refractivity contribution in [3.05, 3.63) is 29.6 Å². The van der Waals surface area contributed by atoms with E-state index in [0.29, 0.717) is 13.1 Å². The van der Waals surface area contributed by atoms with Crippen molar-refractivity contribution in [1.82, 2.24) is 4.90 Å². The van der Waals surface area contributed by atoms with Gasteiger partial charge in [0.1, 0.15) is 5.82 Å². The maximum Gasteiger partial charge on any atom is 0.338 e. The molecular weight excluding hydrogens is 275 g/mol. The molecule has 0 saturated carbocycles. The van der Waals surface area contributed by atoms with Gasteiger partial charge in [-0.2, -0.15) is 0 Å². The Bertz CT molecular complexity index is 542. The highest BCUT2D eigenvalue weighted by atomic mass is 19.1. The summed E-state index contributed by atoms with van der Waals surface area (Å²) in [5, 5.41) is 0. The first-order chi connectivity index (χ1) is 9.99. The van der Waals surface area contributed by atoms with Crippen molar-refractivity contribution in [3.63, 3.8) is 0 Å². The van der Waals surface area contributed by atoms with Crippen LogP contribution in [0.2, 0.25) is 0 Å². The number of benzene rings is 1. The highest BCUT2D eigenvalue weighted by molar-refractivity contribution is 5.93. The van der Waals surface area contributed by atoms with E-state index in [1.54, 1.807) is 11.8 Å². The van der Waals surface area contributed by atoms with Gasteiger partial charge in [0.2, 0.25) is 0 Å². The Labute approximate surface area is 122 Å². The predicted molar refractivity (Wildman–Crippen MR) is 76.1 cm³/mol. The molecular formula is C15H19FN2O3. The van der Waals surface area contributed by atoms with Crippen LogP contribution in [0.15, 0.2) is 18.2 Å². The zero-order chi connectivity index (χ0) is 15.4. The third kappa shape index (κ3) is 3.71. The van der Waals surface area contributed by atoms with Crippen LogP contribution in [0.4, 0.5) is 10.1 Å². The van der Waals surface area contributed by atoms with Crippen LogP contribution in [0.5, 0.6) is 0 Å². The second-order valence-electron chi connectivity index (χ2n) is 5.17. The van der Waals surface area contributed by atoms with Crippen molar-refractivity contribution < 1.29 is 18.7 Å². The number of nitrogens with zero attached hydrogens (tertiary/aromatic N) is 1. The molecule has 0 radical (unpaired) electrons.